The van der Waals surface area contributed by atoms with Gasteiger partial charge >= 0.3 is 0 Å². The van der Waals surface area contributed by atoms with Gasteiger partial charge in [0, 0.05) is 19.1 Å². The fourth-order valence-electron chi connectivity index (χ4n) is 1.90. The molecule has 1 unspecified atom stereocenters. The van der Waals surface area contributed by atoms with Gasteiger partial charge in [-0.3, -0.25) is 0 Å². The van der Waals surface area contributed by atoms with E-state index in [0.717, 1.165) is 11.3 Å². The number of likely N-dealkylation sites (N-methyl/N-ethyl adjacent to an activating group) is 1. The first-order valence-electron chi connectivity index (χ1n) is 6.38. The number of hydrogen-bond donors (Lipinski definition) is 3. The van der Waals surface area contributed by atoms with E-state index in [1.54, 1.807) is 7.11 Å². The molecule has 5 nitrogen and oxygen atoms in total. The van der Waals surface area contributed by atoms with Crippen LogP contribution in [-0.4, -0.2) is 62.1 Å². The van der Waals surface area contributed by atoms with Crippen molar-refractivity contribution in [2.75, 3.05) is 40.9 Å². The summed E-state index contributed by atoms with van der Waals surface area (Å²) in [4.78, 5) is 2.10. The van der Waals surface area contributed by atoms with Gasteiger partial charge < -0.3 is 25.2 Å². The van der Waals surface area contributed by atoms with Crippen molar-refractivity contribution in [1.29, 1.82) is 0 Å². The molecule has 2 atom stereocenters. The molecule has 108 valence electrons. The first-order valence-corrected chi connectivity index (χ1v) is 6.38. The molecule has 5 heteroatoms. The van der Waals surface area contributed by atoms with Crippen LogP contribution in [0.3, 0.4) is 0 Å². The van der Waals surface area contributed by atoms with Crippen molar-refractivity contribution in [3.63, 3.8) is 0 Å². The zero-order valence-corrected chi connectivity index (χ0v) is 11.8. The summed E-state index contributed by atoms with van der Waals surface area (Å²) in [6, 6.07) is 8.12. The number of nitrogens with zero attached hydrogens (tertiary/aromatic N) is 1. The summed E-state index contributed by atoms with van der Waals surface area (Å²) in [7, 11) is 5.67. The Morgan fingerprint density at radius 3 is 2.63 bits per heavy atom. The summed E-state index contributed by atoms with van der Waals surface area (Å²) in [6.45, 7) is 0.848. The van der Waals surface area contributed by atoms with E-state index in [4.69, 9.17) is 9.84 Å². The topological polar surface area (TPSA) is 65.0 Å². The van der Waals surface area contributed by atoms with Crippen molar-refractivity contribution < 1.29 is 14.9 Å². The second-order valence-corrected chi connectivity index (χ2v) is 4.75. The Morgan fingerprint density at radius 2 is 2.05 bits per heavy atom. The van der Waals surface area contributed by atoms with E-state index >= 15 is 0 Å². The lowest BCUT2D eigenvalue weighted by Crippen LogP contribution is -2.36. The number of hydrogen-bond acceptors (Lipinski definition) is 5. The van der Waals surface area contributed by atoms with Gasteiger partial charge in [-0.15, -0.1) is 0 Å². The zero-order chi connectivity index (χ0) is 14.3. The van der Waals surface area contributed by atoms with Crippen molar-refractivity contribution in [2.45, 2.75) is 12.1 Å². The third-order valence-electron chi connectivity index (χ3n) is 3.03. The number of ether oxygens (including phenoxy) is 1. The SMILES string of the molecule is COc1cccc(C(CNC[C@H](O)CO)N(C)C)c1. The third-order valence-corrected chi connectivity index (χ3v) is 3.03. The van der Waals surface area contributed by atoms with E-state index in [1.165, 1.54) is 0 Å². The highest BCUT2D eigenvalue weighted by atomic mass is 16.5. The molecule has 1 aromatic rings. The fourth-order valence-corrected chi connectivity index (χ4v) is 1.90. The first-order chi connectivity index (χ1) is 9.08. The smallest absolute Gasteiger partial charge is 0.119 e. The van der Waals surface area contributed by atoms with Gasteiger partial charge in [-0.1, -0.05) is 12.1 Å². The molecule has 1 aromatic carbocycles. The molecule has 0 aromatic heterocycles. The molecule has 0 fully saturated rings. The molecule has 0 heterocycles. The molecule has 19 heavy (non-hydrogen) atoms. The van der Waals surface area contributed by atoms with Crippen LogP contribution in [-0.2, 0) is 0 Å². The predicted octanol–water partition coefficient (Wildman–Crippen LogP) is 0.241. The van der Waals surface area contributed by atoms with Crippen molar-refractivity contribution >= 4 is 0 Å². The number of nitrogens with one attached hydrogen (secondary N) is 1. The van der Waals surface area contributed by atoms with Gasteiger partial charge in [0.1, 0.15) is 5.75 Å². The normalized spacial score (nSPS) is 14.4. The van der Waals surface area contributed by atoms with Crippen LogP contribution in [0, 0.1) is 0 Å². The zero-order valence-electron chi connectivity index (χ0n) is 11.8. The van der Waals surface area contributed by atoms with Crippen molar-refractivity contribution in [3.05, 3.63) is 29.8 Å². The minimum absolute atomic E-state index is 0.181. The number of aliphatic hydroxyl groups excluding tert-OH is 2. The summed E-state index contributed by atoms with van der Waals surface area (Å²) >= 11 is 0. The lowest BCUT2D eigenvalue weighted by atomic mass is 10.1. The molecule has 0 aliphatic carbocycles. The second-order valence-electron chi connectivity index (χ2n) is 4.75. The van der Waals surface area contributed by atoms with Gasteiger partial charge in [0.2, 0.25) is 0 Å². The van der Waals surface area contributed by atoms with Crippen molar-refractivity contribution in [3.8, 4) is 5.75 Å². The maximum Gasteiger partial charge on any atom is 0.119 e. The average Bonchev–Trinajstić information content (AvgIpc) is 2.42. The molecule has 0 aliphatic heterocycles. The first kappa shape index (κ1) is 15.9. The molecule has 0 saturated carbocycles. The molecule has 0 spiro atoms. The third kappa shape index (κ3) is 5.16. The van der Waals surface area contributed by atoms with Crippen LogP contribution in [0.1, 0.15) is 11.6 Å². The van der Waals surface area contributed by atoms with Crippen molar-refractivity contribution in [2.24, 2.45) is 0 Å². The average molecular weight is 268 g/mol. The van der Waals surface area contributed by atoms with Crippen molar-refractivity contribution in [1.82, 2.24) is 10.2 Å². The molecule has 0 amide bonds. The van der Waals surface area contributed by atoms with Gasteiger partial charge in [0.05, 0.1) is 19.8 Å². The van der Waals surface area contributed by atoms with Crippen LogP contribution in [0.15, 0.2) is 24.3 Å². The van der Waals surface area contributed by atoms with Crippen LogP contribution in [0.4, 0.5) is 0 Å². The Balaban J connectivity index is 2.66. The minimum Gasteiger partial charge on any atom is -0.497 e. The number of rotatable bonds is 8. The highest BCUT2D eigenvalue weighted by Gasteiger charge is 2.14. The van der Waals surface area contributed by atoms with E-state index < -0.39 is 6.10 Å². The Kier molecular flexibility index (Phi) is 6.80. The molecule has 3 N–H and O–H groups in total. The number of methoxy groups -OCH3 is 1. The molecular weight excluding hydrogens is 244 g/mol. The number of benzene rings is 1. The quantitative estimate of drug-likeness (QED) is 0.630. The highest BCUT2D eigenvalue weighted by Crippen LogP contribution is 2.21. The van der Waals surface area contributed by atoms with E-state index in [1.807, 2.05) is 32.3 Å². The van der Waals surface area contributed by atoms with Gasteiger partial charge in [-0.05, 0) is 31.8 Å². The van der Waals surface area contributed by atoms with Crippen LogP contribution < -0.4 is 10.1 Å². The lowest BCUT2D eigenvalue weighted by molar-refractivity contribution is 0.0927. The fraction of sp³-hybridized carbons (Fsp3) is 0.571. The number of aliphatic hydroxyl groups is 2. The summed E-state index contributed by atoms with van der Waals surface area (Å²) in [5.41, 5.74) is 1.15. The molecule has 0 bridgehead atoms. The van der Waals surface area contributed by atoms with Gasteiger partial charge in [0.25, 0.3) is 0 Å². The van der Waals surface area contributed by atoms with Gasteiger partial charge in [0.15, 0.2) is 0 Å². The van der Waals surface area contributed by atoms with E-state index in [9.17, 15) is 5.11 Å². The van der Waals surface area contributed by atoms with Crippen LogP contribution in [0.25, 0.3) is 0 Å². The molecule has 0 saturated heterocycles. The largest absolute Gasteiger partial charge is 0.497 e. The second kappa shape index (κ2) is 8.12. The highest BCUT2D eigenvalue weighted by molar-refractivity contribution is 5.30. The van der Waals surface area contributed by atoms with Crippen LogP contribution >= 0.6 is 0 Å². The summed E-state index contributed by atoms with van der Waals surface area (Å²) in [6.07, 6.45) is -0.715. The molecule has 1 rings (SSSR count). The summed E-state index contributed by atoms with van der Waals surface area (Å²) < 4.78 is 5.23. The summed E-state index contributed by atoms with van der Waals surface area (Å²) in [5, 5.41) is 21.3. The monoisotopic (exact) mass is 268 g/mol. The minimum atomic E-state index is -0.715. The Labute approximate surface area is 114 Å². The van der Waals surface area contributed by atoms with E-state index in [2.05, 4.69) is 16.3 Å². The standard InChI is InChI=1S/C14H24N2O3/c1-16(2)14(9-15-8-12(18)10-17)11-5-4-6-13(7-11)19-3/h4-7,12,14-15,17-18H,8-10H2,1-3H3/t12-,14?/m0/s1. The van der Waals surface area contributed by atoms with Gasteiger partial charge in [-0.25, -0.2) is 0 Å². The Morgan fingerprint density at radius 1 is 1.32 bits per heavy atom. The predicted molar refractivity (Wildman–Crippen MR) is 75.4 cm³/mol. The lowest BCUT2D eigenvalue weighted by Gasteiger charge is -2.26. The van der Waals surface area contributed by atoms with Crippen LogP contribution in [0.2, 0.25) is 0 Å². The Bertz CT molecular complexity index is 371. The van der Waals surface area contributed by atoms with E-state index in [-0.39, 0.29) is 12.6 Å². The molecule has 0 radical (unpaired) electrons. The summed E-state index contributed by atoms with van der Waals surface area (Å²) in [5.74, 6) is 0.833. The maximum atomic E-state index is 9.32. The molecular formula is C14H24N2O3. The van der Waals surface area contributed by atoms with Crippen LogP contribution in [0.5, 0.6) is 5.75 Å². The van der Waals surface area contributed by atoms with E-state index in [0.29, 0.717) is 13.1 Å². The molecule has 0 aliphatic rings. The maximum absolute atomic E-state index is 9.32. The van der Waals surface area contributed by atoms with Gasteiger partial charge in [-0.2, -0.15) is 0 Å². The Hall–Kier alpha value is -1.14.